The van der Waals surface area contributed by atoms with Crippen LogP contribution in [0.2, 0.25) is 0 Å². The number of primary amides is 1. The molecule has 1 aromatic carbocycles. The number of nitrogens with zero attached hydrogens (tertiary/aromatic N) is 1. The third kappa shape index (κ3) is 1.24. The summed E-state index contributed by atoms with van der Waals surface area (Å²) < 4.78 is 0. The summed E-state index contributed by atoms with van der Waals surface area (Å²) in [5.74, 6) is -0.418. The molecule has 2 N–H and O–H groups in total. The van der Waals surface area contributed by atoms with Gasteiger partial charge in [-0.1, -0.05) is 12.1 Å². The molecule has 0 aliphatic heterocycles. The largest absolute Gasteiger partial charge is 0.366 e. The molecule has 2 aromatic rings. The molecule has 0 unspecified atom stereocenters. The first kappa shape index (κ1) is 7.73. The Bertz CT molecular complexity index is 460. The topological polar surface area (TPSA) is 56.0 Å². The van der Waals surface area contributed by atoms with Gasteiger partial charge >= 0.3 is 0 Å². The van der Waals surface area contributed by atoms with Crippen LogP contribution < -0.4 is 5.73 Å². The van der Waals surface area contributed by atoms with Crippen molar-refractivity contribution in [3.8, 4) is 0 Å². The third-order valence-electron chi connectivity index (χ3n) is 1.91. The molecule has 2 rings (SSSR count). The Labute approximate surface area is 75.2 Å². The van der Waals surface area contributed by atoms with Gasteiger partial charge in [0.05, 0.1) is 5.52 Å². The normalized spacial score (nSPS) is 10.2. The number of hydrogen-bond donors (Lipinski definition) is 1. The van der Waals surface area contributed by atoms with Crippen LogP contribution in [0.15, 0.2) is 36.5 Å². The van der Waals surface area contributed by atoms with Gasteiger partial charge in [0.25, 0.3) is 0 Å². The highest BCUT2D eigenvalue weighted by atomic mass is 16.1. The van der Waals surface area contributed by atoms with E-state index >= 15 is 0 Å². The molecule has 0 saturated heterocycles. The molecule has 1 amide bonds. The van der Waals surface area contributed by atoms with Gasteiger partial charge in [-0.25, -0.2) is 0 Å². The van der Waals surface area contributed by atoms with Crippen LogP contribution in [0.4, 0.5) is 0 Å². The highest BCUT2D eigenvalue weighted by molar-refractivity contribution is 6.05. The number of fused-ring (bicyclic) bond motifs is 1. The Hall–Kier alpha value is -1.90. The van der Waals surface area contributed by atoms with Gasteiger partial charge in [-0.05, 0) is 18.2 Å². The standard InChI is InChI=1S/C10H8N2O/c11-10(13)8-3-1-5-9-7(8)4-2-6-12-9/h1-6H,(H2,11,13). The number of nitrogens with two attached hydrogens (primary N) is 1. The lowest BCUT2D eigenvalue weighted by molar-refractivity contribution is 0.100. The van der Waals surface area contributed by atoms with Crippen LogP contribution in [-0.4, -0.2) is 10.9 Å². The van der Waals surface area contributed by atoms with Gasteiger partial charge in [0.2, 0.25) is 5.91 Å². The zero-order chi connectivity index (χ0) is 9.26. The Balaban J connectivity index is 2.83. The molecule has 13 heavy (non-hydrogen) atoms. The lowest BCUT2D eigenvalue weighted by atomic mass is 10.1. The maximum Gasteiger partial charge on any atom is 0.249 e. The first-order chi connectivity index (χ1) is 6.29. The fraction of sp³-hybridized carbons (Fsp3) is 0. The van der Waals surface area contributed by atoms with Gasteiger partial charge in [0.15, 0.2) is 0 Å². The summed E-state index contributed by atoms with van der Waals surface area (Å²) >= 11 is 0. The minimum atomic E-state index is -0.418. The van der Waals surface area contributed by atoms with Crippen LogP contribution in [0.5, 0.6) is 0 Å². The van der Waals surface area contributed by atoms with Crippen molar-refractivity contribution in [2.45, 2.75) is 0 Å². The molecule has 0 saturated carbocycles. The van der Waals surface area contributed by atoms with E-state index in [0.29, 0.717) is 5.56 Å². The quantitative estimate of drug-likeness (QED) is 0.705. The number of hydrogen-bond acceptors (Lipinski definition) is 2. The molecule has 0 aliphatic carbocycles. The molecular weight excluding hydrogens is 164 g/mol. The average molecular weight is 172 g/mol. The van der Waals surface area contributed by atoms with Crippen molar-refractivity contribution in [3.63, 3.8) is 0 Å². The molecule has 3 heteroatoms. The molecule has 0 aliphatic rings. The molecule has 1 aromatic heterocycles. The summed E-state index contributed by atoms with van der Waals surface area (Å²) in [5.41, 5.74) is 6.52. The van der Waals surface area contributed by atoms with E-state index in [0.717, 1.165) is 10.9 Å². The smallest absolute Gasteiger partial charge is 0.249 e. The first-order valence-corrected chi connectivity index (χ1v) is 3.92. The van der Waals surface area contributed by atoms with Crippen molar-refractivity contribution in [1.29, 1.82) is 0 Å². The van der Waals surface area contributed by atoms with Crippen LogP contribution in [0.25, 0.3) is 10.9 Å². The van der Waals surface area contributed by atoms with Crippen LogP contribution in [0.1, 0.15) is 10.4 Å². The van der Waals surface area contributed by atoms with Crippen LogP contribution >= 0.6 is 0 Å². The average Bonchev–Trinajstić information content (AvgIpc) is 2.17. The summed E-state index contributed by atoms with van der Waals surface area (Å²) in [5, 5.41) is 0.803. The second kappa shape index (κ2) is 2.86. The molecule has 0 radical (unpaired) electrons. The molecule has 64 valence electrons. The molecule has 0 spiro atoms. The lowest BCUT2D eigenvalue weighted by Crippen LogP contribution is -2.11. The molecule has 1 heterocycles. The molecule has 3 nitrogen and oxygen atoms in total. The van der Waals surface area contributed by atoms with Crippen LogP contribution in [-0.2, 0) is 0 Å². The number of amides is 1. The van der Waals surface area contributed by atoms with Crippen molar-refractivity contribution < 1.29 is 4.79 Å². The van der Waals surface area contributed by atoms with Gasteiger partial charge in [-0.15, -0.1) is 0 Å². The van der Waals surface area contributed by atoms with Crippen molar-refractivity contribution >= 4 is 16.8 Å². The van der Waals surface area contributed by atoms with E-state index in [1.54, 1.807) is 24.4 Å². The van der Waals surface area contributed by atoms with E-state index in [1.165, 1.54) is 0 Å². The maximum atomic E-state index is 11.0. The van der Waals surface area contributed by atoms with E-state index in [4.69, 9.17) is 5.73 Å². The molecule has 0 atom stereocenters. The number of carbonyl (C=O) groups excluding carboxylic acids is 1. The van der Waals surface area contributed by atoms with Gasteiger partial charge in [0, 0.05) is 17.1 Å². The van der Waals surface area contributed by atoms with Crippen molar-refractivity contribution in [2.75, 3.05) is 0 Å². The number of rotatable bonds is 1. The molecule has 0 fully saturated rings. The van der Waals surface area contributed by atoms with Gasteiger partial charge in [-0.3, -0.25) is 9.78 Å². The van der Waals surface area contributed by atoms with Gasteiger partial charge in [-0.2, -0.15) is 0 Å². The predicted molar refractivity (Wildman–Crippen MR) is 50.3 cm³/mol. The summed E-state index contributed by atoms with van der Waals surface area (Å²) in [6.07, 6.45) is 1.69. The van der Waals surface area contributed by atoms with E-state index in [9.17, 15) is 4.79 Å². The predicted octanol–water partition coefficient (Wildman–Crippen LogP) is 1.33. The third-order valence-corrected chi connectivity index (χ3v) is 1.91. The highest BCUT2D eigenvalue weighted by Gasteiger charge is 2.04. The summed E-state index contributed by atoms with van der Waals surface area (Å²) in [6.45, 7) is 0. The van der Waals surface area contributed by atoms with Crippen molar-refractivity contribution in [1.82, 2.24) is 4.98 Å². The minimum absolute atomic E-state index is 0.418. The zero-order valence-electron chi connectivity index (χ0n) is 6.90. The number of pyridine rings is 1. The number of benzene rings is 1. The van der Waals surface area contributed by atoms with E-state index in [2.05, 4.69) is 4.98 Å². The van der Waals surface area contributed by atoms with Gasteiger partial charge < -0.3 is 5.73 Å². The fourth-order valence-electron chi connectivity index (χ4n) is 1.32. The van der Waals surface area contributed by atoms with Gasteiger partial charge in [0.1, 0.15) is 0 Å². The summed E-state index contributed by atoms with van der Waals surface area (Å²) in [4.78, 5) is 15.1. The zero-order valence-corrected chi connectivity index (χ0v) is 6.90. The Morgan fingerprint density at radius 3 is 2.85 bits per heavy atom. The van der Waals surface area contributed by atoms with Crippen LogP contribution in [0, 0.1) is 0 Å². The van der Waals surface area contributed by atoms with Crippen molar-refractivity contribution in [2.24, 2.45) is 5.73 Å². The number of carbonyl (C=O) groups is 1. The van der Waals surface area contributed by atoms with Crippen molar-refractivity contribution in [3.05, 3.63) is 42.1 Å². The summed E-state index contributed by atoms with van der Waals surface area (Å²) in [6, 6.07) is 8.95. The first-order valence-electron chi connectivity index (χ1n) is 3.92. The van der Waals surface area contributed by atoms with E-state index < -0.39 is 5.91 Å². The maximum absolute atomic E-state index is 11.0. The fourth-order valence-corrected chi connectivity index (χ4v) is 1.32. The Morgan fingerprint density at radius 1 is 1.23 bits per heavy atom. The van der Waals surface area contributed by atoms with E-state index in [-0.39, 0.29) is 0 Å². The van der Waals surface area contributed by atoms with Crippen LogP contribution in [0.3, 0.4) is 0 Å². The lowest BCUT2D eigenvalue weighted by Gasteiger charge is -2.00. The number of aromatic nitrogens is 1. The van der Waals surface area contributed by atoms with E-state index in [1.807, 2.05) is 12.1 Å². The SMILES string of the molecule is NC(=O)c1cccc2ncccc12. The minimum Gasteiger partial charge on any atom is -0.366 e. The monoisotopic (exact) mass is 172 g/mol. The second-order valence-electron chi connectivity index (χ2n) is 2.74. The molecule has 0 bridgehead atoms. The Morgan fingerprint density at radius 2 is 2.08 bits per heavy atom. The molecular formula is C10H8N2O. The Kier molecular flexibility index (Phi) is 1.70. The summed E-state index contributed by atoms with van der Waals surface area (Å²) in [7, 11) is 0. The highest BCUT2D eigenvalue weighted by Crippen LogP contribution is 2.15. The second-order valence-corrected chi connectivity index (χ2v) is 2.74.